The Kier molecular flexibility index (Phi) is 5.08. The molecule has 4 rings (SSSR count). The second-order valence-electron chi connectivity index (χ2n) is 7.96. The van der Waals surface area contributed by atoms with Crippen LogP contribution in [0, 0.1) is 11.8 Å². The van der Waals surface area contributed by atoms with Gasteiger partial charge in [0, 0.05) is 39.1 Å². The number of likely N-dealkylation sites (tertiary alicyclic amines) is 1. The molecule has 2 aliphatic heterocycles. The molecule has 0 radical (unpaired) electrons. The van der Waals surface area contributed by atoms with Crippen LogP contribution >= 0.6 is 0 Å². The van der Waals surface area contributed by atoms with Crippen LogP contribution in [0.25, 0.3) is 0 Å². The zero-order valence-electron chi connectivity index (χ0n) is 14.9. The molecular formula is C19H29N3O3. The molecule has 1 amide bonds. The van der Waals surface area contributed by atoms with E-state index in [0.29, 0.717) is 11.6 Å². The number of aromatic amines is 1. The Morgan fingerprint density at radius 3 is 2.88 bits per heavy atom. The molecule has 3 aliphatic rings. The van der Waals surface area contributed by atoms with Crippen LogP contribution in [0.2, 0.25) is 0 Å². The summed E-state index contributed by atoms with van der Waals surface area (Å²) in [4.78, 5) is 14.3. The highest BCUT2D eigenvalue weighted by Crippen LogP contribution is 2.39. The molecule has 3 heterocycles. The van der Waals surface area contributed by atoms with E-state index < -0.39 is 0 Å². The standard InChI is InChI=1S/C19H29N3O3/c23-18(17-3-8-20-21-17)22-9-6-19(7-10-22)13-15(5-12-25-19)4-11-24-14-16-1-2-16/h3,8,15-16H,1-2,4-7,9-14H2,(H,20,21). The number of H-pyrrole nitrogens is 1. The van der Waals surface area contributed by atoms with E-state index in [1.165, 1.54) is 12.8 Å². The molecule has 1 saturated carbocycles. The van der Waals surface area contributed by atoms with Crippen molar-refractivity contribution in [2.75, 3.05) is 32.9 Å². The highest BCUT2D eigenvalue weighted by atomic mass is 16.5. The topological polar surface area (TPSA) is 67.5 Å². The number of ether oxygens (including phenoxy) is 2. The monoisotopic (exact) mass is 347 g/mol. The van der Waals surface area contributed by atoms with Crippen molar-refractivity contribution in [3.8, 4) is 0 Å². The molecule has 0 aromatic carbocycles. The lowest BCUT2D eigenvalue weighted by Crippen LogP contribution is -2.51. The van der Waals surface area contributed by atoms with Crippen LogP contribution in [0.15, 0.2) is 12.3 Å². The predicted molar refractivity (Wildman–Crippen MR) is 93.3 cm³/mol. The fourth-order valence-corrected chi connectivity index (χ4v) is 4.17. The number of amides is 1. The number of carbonyl (C=O) groups is 1. The number of rotatable bonds is 6. The Morgan fingerprint density at radius 1 is 1.32 bits per heavy atom. The predicted octanol–water partition coefficient (Wildman–Crippen LogP) is 2.63. The van der Waals surface area contributed by atoms with Crippen LogP contribution in [0.4, 0.5) is 0 Å². The van der Waals surface area contributed by atoms with E-state index in [1.54, 1.807) is 12.3 Å². The molecule has 1 atom stereocenters. The van der Waals surface area contributed by atoms with Crippen LogP contribution in [0.5, 0.6) is 0 Å². The summed E-state index contributed by atoms with van der Waals surface area (Å²) in [6.07, 6.45) is 9.62. The van der Waals surface area contributed by atoms with E-state index in [2.05, 4.69) is 10.2 Å². The summed E-state index contributed by atoms with van der Waals surface area (Å²) in [5, 5.41) is 6.64. The summed E-state index contributed by atoms with van der Waals surface area (Å²) >= 11 is 0. The minimum Gasteiger partial charge on any atom is -0.381 e. The van der Waals surface area contributed by atoms with Crippen LogP contribution in [0.1, 0.15) is 55.4 Å². The van der Waals surface area contributed by atoms with Gasteiger partial charge in [-0.15, -0.1) is 0 Å². The van der Waals surface area contributed by atoms with E-state index in [1.807, 2.05) is 4.90 Å². The number of aromatic nitrogens is 2. The lowest BCUT2D eigenvalue weighted by atomic mass is 9.78. The maximum absolute atomic E-state index is 12.4. The zero-order valence-corrected chi connectivity index (χ0v) is 14.9. The average Bonchev–Trinajstić information content (AvgIpc) is 3.29. The molecule has 1 aliphatic carbocycles. The molecule has 1 spiro atoms. The van der Waals surface area contributed by atoms with Gasteiger partial charge in [0.15, 0.2) is 0 Å². The van der Waals surface area contributed by atoms with E-state index in [-0.39, 0.29) is 11.5 Å². The number of nitrogens with one attached hydrogen (secondary N) is 1. The van der Waals surface area contributed by atoms with Crippen LogP contribution in [0.3, 0.4) is 0 Å². The number of carbonyl (C=O) groups excluding carboxylic acids is 1. The Bertz CT molecular complexity index is 562. The maximum atomic E-state index is 12.4. The number of hydrogen-bond donors (Lipinski definition) is 1. The second kappa shape index (κ2) is 7.46. The van der Waals surface area contributed by atoms with E-state index in [4.69, 9.17) is 9.47 Å². The molecule has 1 N–H and O–H groups in total. The van der Waals surface area contributed by atoms with Gasteiger partial charge < -0.3 is 14.4 Å². The van der Waals surface area contributed by atoms with Crippen molar-refractivity contribution in [3.63, 3.8) is 0 Å². The van der Waals surface area contributed by atoms with E-state index >= 15 is 0 Å². The number of hydrogen-bond acceptors (Lipinski definition) is 4. The summed E-state index contributed by atoms with van der Waals surface area (Å²) in [7, 11) is 0. The van der Waals surface area contributed by atoms with Gasteiger partial charge in [-0.05, 0) is 62.8 Å². The molecule has 138 valence electrons. The smallest absolute Gasteiger partial charge is 0.271 e. The van der Waals surface area contributed by atoms with Gasteiger partial charge in [0.25, 0.3) is 5.91 Å². The zero-order chi connectivity index (χ0) is 17.1. The average molecular weight is 347 g/mol. The first-order chi connectivity index (χ1) is 12.2. The number of nitrogens with zero attached hydrogens (tertiary/aromatic N) is 2. The third-order valence-corrected chi connectivity index (χ3v) is 6.01. The minimum absolute atomic E-state index is 0.0236. The molecule has 1 unspecified atom stereocenters. The molecule has 6 nitrogen and oxygen atoms in total. The first kappa shape index (κ1) is 17.0. The molecule has 6 heteroatoms. The quantitative estimate of drug-likeness (QED) is 0.803. The SMILES string of the molecule is O=C(c1ccn[nH]1)N1CCC2(CC1)CC(CCOCC1CC1)CCO2. The summed E-state index contributed by atoms with van der Waals surface area (Å²) in [5.74, 6) is 1.59. The minimum atomic E-state index is -0.0236. The van der Waals surface area contributed by atoms with Gasteiger partial charge in [0.1, 0.15) is 5.69 Å². The van der Waals surface area contributed by atoms with Gasteiger partial charge >= 0.3 is 0 Å². The van der Waals surface area contributed by atoms with Crippen molar-refractivity contribution in [1.29, 1.82) is 0 Å². The lowest BCUT2D eigenvalue weighted by molar-refractivity contribution is -0.126. The molecular weight excluding hydrogens is 318 g/mol. The Morgan fingerprint density at radius 2 is 2.16 bits per heavy atom. The largest absolute Gasteiger partial charge is 0.381 e. The molecule has 2 saturated heterocycles. The Hall–Kier alpha value is -1.40. The number of piperidine rings is 1. The van der Waals surface area contributed by atoms with Crippen molar-refractivity contribution < 1.29 is 14.3 Å². The summed E-state index contributed by atoms with van der Waals surface area (Å²) < 4.78 is 12.0. The third-order valence-electron chi connectivity index (χ3n) is 6.01. The molecule has 1 aromatic heterocycles. The molecule has 1 aromatic rings. The summed E-state index contributed by atoms with van der Waals surface area (Å²) in [6, 6.07) is 1.74. The van der Waals surface area contributed by atoms with Crippen molar-refractivity contribution in [3.05, 3.63) is 18.0 Å². The lowest BCUT2D eigenvalue weighted by Gasteiger charge is -2.46. The van der Waals surface area contributed by atoms with Crippen LogP contribution in [-0.4, -0.2) is 59.5 Å². The summed E-state index contributed by atoms with van der Waals surface area (Å²) in [5.41, 5.74) is 0.552. The molecule has 3 fully saturated rings. The Labute approximate surface area is 149 Å². The third kappa shape index (κ3) is 4.23. The van der Waals surface area contributed by atoms with E-state index in [9.17, 15) is 4.79 Å². The maximum Gasteiger partial charge on any atom is 0.271 e. The van der Waals surface area contributed by atoms with Crippen LogP contribution in [-0.2, 0) is 9.47 Å². The fourth-order valence-electron chi connectivity index (χ4n) is 4.17. The van der Waals surface area contributed by atoms with E-state index in [0.717, 1.165) is 70.9 Å². The van der Waals surface area contributed by atoms with Crippen LogP contribution < -0.4 is 0 Å². The highest BCUT2D eigenvalue weighted by Gasteiger charge is 2.41. The normalized spacial score (nSPS) is 26.1. The van der Waals surface area contributed by atoms with Gasteiger partial charge in [0.2, 0.25) is 0 Å². The van der Waals surface area contributed by atoms with Gasteiger partial charge in [-0.25, -0.2) is 0 Å². The molecule has 25 heavy (non-hydrogen) atoms. The Balaban J connectivity index is 1.24. The van der Waals surface area contributed by atoms with Crippen molar-refractivity contribution in [2.24, 2.45) is 11.8 Å². The van der Waals surface area contributed by atoms with Crippen molar-refractivity contribution in [1.82, 2.24) is 15.1 Å². The van der Waals surface area contributed by atoms with Gasteiger partial charge in [-0.1, -0.05) is 0 Å². The highest BCUT2D eigenvalue weighted by molar-refractivity contribution is 5.92. The molecule has 0 bridgehead atoms. The van der Waals surface area contributed by atoms with Gasteiger partial charge in [-0.3, -0.25) is 9.89 Å². The first-order valence-corrected chi connectivity index (χ1v) is 9.74. The summed E-state index contributed by atoms with van der Waals surface area (Å²) in [6.45, 7) is 4.23. The van der Waals surface area contributed by atoms with Gasteiger partial charge in [0.05, 0.1) is 5.60 Å². The van der Waals surface area contributed by atoms with Crippen molar-refractivity contribution in [2.45, 2.75) is 50.5 Å². The fraction of sp³-hybridized carbons (Fsp3) is 0.789. The first-order valence-electron chi connectivity index (χ1n) is 9.74. The van der Waals surface area contributed by atoms with Crippen molar-refractivity contribution >= 4 is 5.91 Å². The second-order valence-corrected chi connectivity index (χ2v) is 7.96. The van der Waals surface area contributed by atoms with Gasteiger partial charge in [-0.2, -0.15) is 5.10 Å².